The molecule has 0 unspecified atom stereocenters. The molecule has 0 atom stereocenters. The smallest absolute Gasteiger partial charge is 0.0149 e. The number of rotatable bonds is 3. The Morgan fingerprint density at radius 3 is 1.12 bits per heavy atom. The van der Waals surface area contributed by atoms with Gasteiger partial charge in [-0.15, -0.1) is 0 Å². The zero-order chi connectivity index (χ0) is 5.70. The van der Waals surface area contributed by atoms with Crippen LogP contribution in [0.5, 0.6) is 0 Å². The monoisotopic (exact) mass is 312 g/mol. The van der Waals surface area contributed by atoms with Crippen LogP contribution in [0.15, 0.2) is 0 Å². The van der Waals surface area contributed by atoms with Crippen molar-refractivity contribution in [3.05, 3.63) is 0 Å². The molecule has 0 aliphatic rings. The maximum Gasteiger partial charge on any atom is -0.0149 e. The topological polar surface area (TPSA) is 0 Å². The molecular formula is C6H19IrSi. The molecular weight excluding hydrogens is 292 g/mol. The van der Waals surface area contributed by atoms with Crippen LogP contribution in [0.1, 0.15) is 20.8 Å². The molecule has 0 N–H and O–H groups in total. The summed E-state index contributed by atoms with van der Waals surface area (Å²) in [6, 6.07) is 0. The zero-order valence-electron chi connectivity index (χ0n) is 5.45. The van der Waals surface area contributed by atoms with Crippen molar-refractivity contribution >= 4 is 11.0 Å². The zero-order valence-corrected chi connectivity index (χ0v) is 7.85. The minimum atomic E-state index is -0.403. The average molecular weight is 312 g/mol. The Hall–Kier alpha value is 0.866. The van der Waals surface area contributed by atoms with E-state index in [1.807, 2.05) is 0 Å². The Morgan fingerprint density at radius 2 is 1.12 bits per heavy atom. The van der Waals surface area contributed by atoms with Crippen molar-refractivity contribution in [3.8, 4) is 0 Å². The summed E-state index contributed by atoms with van der Waals surface area (Å²) in [6.07, 6.45) is 0. The van der Waals surface area contributed by atoms with Gasteiger partial charge < -0.3 is 0 Å². The first-order valence-corrected chi connectivity index (χ1v) is 7.91. The van der Waals surface area contributed by atoms with Crippen molar-refractivity contribution in [2.75, 3.05) is 0 Å². The third-order valence-corrected chi connectivity index (χ3v) is 8.19. The van der Waals surface area contributed by atoms with Crippen LogP contribution in [0.25, 0.3) is 0 Å². The van der Waals surface area contributed by atoms with Gasteiger partial charge in [-0.2, -0.15) is 0 Å². The number of hydrogen-bond donors (Lipinski definition) is 0. The summed E-state index contributed by atoms with van der Waals surface area (Å²) in [5, 5.41) is 0. The summed E-state index contributed by atoms with van der Waals surface area (Å²) >= 11 is -0.403. The van der Waals surface area contributed by atoms with Gasteiger partial charge in [0.25, 0.3) is 0 Å². The molecule has 0 rings (SSSR count). The van der Waals surface area contributed by atoms with Gasteiger partial charge >= 0.3 is 52.1 Å². The second-order valence-electron chi connectivity index (χ2n) is 1.21. The quantitative estimate of drug-likeness (QED) is 0.693. The molecule has 0 saturated heterocycles. The Labute approximate surface area is 63.2 Å². The summed E-state index contributed by atoms with van der Waals surface area (Å²) in [4.78, 5) is 4.56. The van der Waals surface area contributed by atoms with Crippen LogP contribution in [-0.2, 0) is 16.5 Å². The summed E-state index contributed by atoms with van der Waals surface area (Å²) in [7, 11) is 0. The number of hydrogen-bond acceptors (Lipinski definition) is 0. The standard InChI is InChI=1S/3C2H5.Ir.H4Si/c3*1-2;;/h3*1H2,2H3;;1H4. The van der Waals surface area contributed by atoms with E-state index >= 15 is 0 Å². The van der Waals surface area contributed by atoms with E-state index in [4.69, 9.17) is 0 Å². The average Bonchev–Trinajstić information content (AvgIpc) is 1.72. The fourth-order valence-corrected chi connectivity index (χ4v) is 4.09. The predicted molar refractivity (Wildman–Crippen MR) is 42.8 cm³/mol. The first-order chi connectivity index (χ1) is 3.35. The molecule has 0 aromatic carbocycles. The SMILES string of the molecule is C[CH2][Ir]([CH2]C)[CH2]C.[SiH4]. The maximum absolute atomic E-state index is 2.34. The van der Waals surface area contributed by atoms with E-state index in [-0.39, 0.29) is 11.0 Å². The van der Waals surface area contributed by atoms with E-state index in [0.717, 1.165) is 0 Å². The van der Waals surface area contributed by atoms with Crippen molar-refractivity contribution in [3.63, 3.8) is 0 Å². The Balaban J connectivity index is 0. The summed E-state index contributed by atoms with van der Waals surface area (Å²) in [6.45, 7) is 7.01. The maximum atomic E-state index is 2.34. The molecule has 0 aliphatic heterocycles. The molecule has 2 heteroatoms. The molecule has 56 valence electrons. The van der Waals surface area contributed by atoms with Crippen LogP contribution >= 0.6 is 0 Å². The Bertz CT molecular complexity index is 30.0. The summed E-state index contributed by atoms with van der Waals surface area (Å²) in [5.41, 5.74) is 0. The fourth-order valence-electron chi connectivity index (χ4n) is 0.500. The Kier molecular flexibility index (Phi) is 11.4. The van der Waals surface area contributed by atoms with Crippen LogP contribution < -0.4 is 0 Å². The second-order valence-corrected chi connectivity index (χ2v) is 9.88. The van der Waals surface area contributed by atoms with Crippen LogP contribution in [0.4, 0.5) is 0 Å². The van der Waals surface area contributed by atoms with E-state index in [1.165, 1.54) is 14.8 Å². The molecule has 0 nitrogen and oxygen atoms in total. The van der Waals surface area contributed by atoms with Gasteiger partial charge in [0.1, 0.15) is 0 Å². The molecule has 0 spiro atoms. The van der Waals surface area contributed by atoms with Gasteiger partial charge in [0.05, 0.1) is 0 Å². The largest absolute Gasteiger partial charge is 0.0149 e. The third-order valence-electron chi connectivity index (χ3n) is 1.000. The van der Waals surface area contributed by atoms with Crippen LogP contribution in [-0.4, -0.2) is 11.0 Å². The first kappa shape index (κ1) is 11.6. The molecule has 0 aromatic heterocycles. The van der Waals surface area contributed by atoms with Gasteiger partial charge in [0, 0.05) is 0 Å². The summed E-state index contributed by atoms with van der Waals surface area (Å²) < 4.78 is 0. The third kappa shape index (κ3) is 5.01. The molecule has 0 radical (unpaired) electrons. The molecule has 0 bridgehead atoms. The van der Waals surface area contributed by atoms with E-state index in [2.05, 4.69) is 20.8 Å². The van der Waals surface area contributed by atoms with Gasteiger partial charge in [0.15, 0.2) is 0 Å². The van der Waals surface area contributed by atoms with Crippen LogP contribution in [0, 0.1) is 0 Å². The first-order valence-electron chi connectivity index (χ1n) is 2.83. The van der Waals surface area contributed by atoms with Crippen molar-refractivity contribution in [1.29, 1.82) is 0 Å². The van der Waals surface area contributed by atoms with Crippen molar-refractivity contribution in [1.82, 2.24) is 0 Å². The molecule has 0 amide bonds. The van der Waals surface area contributed by atoms with Gasteiger partial charge in [-0.3, -0.25) is 0 Å². The van der Waals surface area contributed by atoms with Gasteiger partial charge in [-0.25, -0.2) is 0 Å². The van der Waals surface area contributed by atoms with Crippen LogP contribution in [0.2, 0.25) is 14.8 Å². The Morgan fingerprint density at radius 1 is 0.875 bits per heavy atom. The molecule has 8 heavy (non-hydrogen) atoms. The van der Waals surface area contributed by atoms with E-state index in [1.54, 1.807) is 0 Å². The molecule has 0 heterocycles. The van der Waals surface area contributed by atoms with Gasteiger partial charge in [-0.1, -0.05) is 0 Å². The van der Waals surface area contributed by atoms with E-state index < -0.39 is 16.5 Å². The minimum absolute atomic E-state index is 0. The minimum Gasteiger partial charge on any atom is -0.0149 e. The van der Waals surface area contributed by atoms with Gasteiger partial charge in [0.2, 0.25) is 0 Å². The van der Waals surface area contributed by atoms with Crippen LogP contribution in [0.3, 0.4) is 0 Å². The molecule has 0 aliphatic carbocycles. The predicted octanol–water partition coefficient (Wildman–Crippen LogP) is 1.47. The fraction of sp³-hybridized carbons (Fsp3) is 1.00. The second kappa shape index (κ2) is 7.87. The van der Waals surface area contributed by atoms with Gasteiger partial charge in [-0.05, 0) is 11.0 Å². The van der Waals surface area contributed by atoms with E-state index in [9.17, 15) is 0 Å². The van der Waals surface area contributed by atoms with Crippen molar-refractivity contribution in [2.24, 2.45) is 0 Å². The molecule has 0 aromatic rings. The molecule has 0 fully saturated rings. The van der Waals surface area contributed by atoms with E-state index in [0.29, 0.717) is 0 Å². The van der Waals surface area contributed by atoms with Crippen molar-refractivity contribution in [2.45, 2.75) is 35.6 Å². The van der Waals surface area contributed by atoms with Crippen molar-refractivity contribution < 1.29 is 16.5 Å². The molecule has 0 saturated carbocycles. The normalized spacial score (nSPS) is 10.1. The summed E-state index contributed by atoms with van der Waals surface area (Å²) in [5.74, 6) is 0.